The number of carbonyl (C=O) groups excluding carboxylic acids is 1. The number of carbonyl (C=O) groups is 1. The maximum Gasteiger partial charge on any atom is 0.340 e. The number of nitrogens with zero attached hydrogens (tertiary/aromatic N) is 1. The zero-order valence-electron chi connectivity index (χ0n) is 13.8. The Morgan fingerprint density at radius 1 is 1.31 bits per heavy atom. The number of nitrogens with two attached hydrogens (primary N) is 1. The fourth-order valence-corrected chi connectivity index (χ4v) is 4.07. The summed E-state index contributed by atoms with van der Waals surface area (Å²) >= 11 is 3.28. The topological polar surface area (TPSA) is 89.7 Å². The normalized spacial score (nSPS) is 14.1. The number of fused-ring (bicyclic) bond motifs is 1. The lowest BCUT2D eigenvalue weighted by atomic mass is 9.98. The first-order valence-electron chi connectivity index (χ1n) is 7.67. The maximum absolute atomic E-state index is 14.1. The largest absolute Gasteiger partial charge is 0.465 e. The Labute approximate surface area is 158 Å². The van der Waals surface area contributed by atoms with Crippen LogP contribution in [0.25, 0.3) is 0 Å². The molecule has 1 aliphatic rings. The van der Waals surface area contributed by atoms with Gasteiger partial charge in [0.2, 0.25) is 10.0 Å². The van der Waals surface area contributed by atoms with Crippen LogP contribution in [0.3, 0.4) is 0 Å². The van der Waals surface area contributed by atoms with Gasteiger partial charge < -0.3 is 9.64 Å². The summed E-state index contributed by atoms with van der Waals surface area (Å²) < 4.78 is 42.7. The van der Waals surface area contributed by atoms with E-state index in [-0.39, 0.29) is 16.3 Å². The van der Waals surface area contributed by atoms with E-state index in [1.54, 1.807) is 0 Å². The quantitative estimate of drug-likeness (QED) is 0.737. The molecule has 0 fully saturated rings. The van der Waals surface area contributed by atoms with Gasteiger partial charge in [-0.15, -0.1) is 0 Å². The van der Waals surface area contributed by atoms with Gasteiger partial charge in [-0.2, -0.15) is 0 Å². The van der Waals surface area contributed by atoms with Crippen molar-refractivity contribution in [2.75, 3.05) is 18.6 Å². The molecule has 0 aromatic heterocycles. The molecule has 1 aliphatic heterocycles. The van der Waals surface area contributed by atoms with Gasteiger partial charge in [-0.05, 0) is 47.9 Å². The highest BCUT2D eigenvalue weighted by atomic mass is 79.9. The van der Waals surface area contributed by atoms with Gasteiger partial charge in [0, 0.05) is 17.6 Å². The molecule has 0 spiro atoms. The highest BCUT2D eigenvalue weighted by Crippen LogP contribution is 2.32. The van der Waals surface area contributed by atoms with Crippen LogP contribution in [-0.4, -0.2) is 28.0 Å². The molecule has 2 N–H and O–H groups in total. The lowest BCUT2D eigenvalue weighted by Crippen LogP contribution is -2.32. The molecule has 1 heterocycles. The van der Waals surface area contributed by atoms with Gasteiger partial charge in [0.05, 0.1) is 23.3 Å². The van der Waals surface area contributed by atoms with Crippen molar-refractivity contribution in [3.63, 3.8) is 0 Å². The van der Waals surface area contributed by atoms with Crippen LogP contribution >= 0.6 is 15.9 Å². The first kappa shape index (κ1) is 18.8. The summed E-state index contributed by atoms with van der Waals surface area (Å²) in [4.78, 5) is 13.9. The first-order valence-corrected chi connectivity index (χ1v) is 10.0. The third-order valence-corrected chi connectivity index (χ3v) is 5.66. The smallest absolute Gasteiger partial charge is 0.340 e. The van der Waals surface area contributed by atoms with Gasteiger partial charge in [0.1, 0.15) is 5.82 Å². The zero-order chi connectivity index (χ0) is 19.1. The van der Waals surface area contributed by atoms with Gasteiger partial charge in [-0.25, -0.2) is 22.7 Å². The predicted molar refractivity (Wildman–Crippen MR) is 98.0 cm³/mol. The second-order valence-corrected chi connectivity index (χ2v) is 8.39. The molecule has 0 bridgehead atoms. The van der Waals surface area contributed by atoms with Crippen molar-refractivity contribution in [1.82, 2.24) is 0 Å². The van der Waals surface area contributed by atoms with Crippen molar-refractivity contribution in [2.24, 2.45) is 5.14 Å². The minimum atomic E-state index is -3.96. The Morgan fingerprint density at radius 2 is 2.04 bits per heavy atom. The van der Waals surface area contributed by atoms with Gasteiger partial charge in [0.15, 0.2) is 0 Å². The predicted octanol–water partition coefficient (Wildman–Crippen LogP) is 2.58. The van der Waals surface area contributed by atoms with Crippen molar-refractivity contribution in [3.8, 4) is 0 Å². The third-order valence-electron chi connectivity index (χ3n) is 4.29. The number of halogens is 2. The van der Waals surface area contributed by atoms with E-state index in [9.17, 15) is 17.6 Å². The second kappa shape index (κ2) is 6.98. The van der Waals surface area contributed by atoms with Crippen molar-refractivity contribution in [3.05, 3.63) is 57.3 Å². The summed E-state index contributed by atoms with van der Waals surface area (Å²) in [5.41, 5.74) is 2.05. The molecule has 0 amide bonds. The number of hydrogen-bond donors (Lipinski definition) is 1. The number of primary sulfonamides is 1. The van der Waals surface area contributed by atoms with E-state index in [1.807, 2.05) is 11.0 Å². The molecule has 9 heteroatoms. The lowest BCUT2D eigenvalue weighted by Gasteiger charge is -2.32. The Morgan fingerprint density at radius 3 is 2.69 bits per heavy atom. The number of anilines is 1. The van der Waals surface area contributed by atoms with Gasteiger partial charge in [0.25, 0.3) is 0 Å². The van der Waals surface area contributed by atoms with Gasteiger partial charge in [-0.1, -0.05) is 15.9 Å². The molecule has 0 unspecified atom stereocenters. The number of esters is 1. The molecule has 0 saturated heterocycles. The molecule has 0 atom stereocenters. The highest BCUT2D eigenvalue weighted by Gasteiger charge is 2.25. The van der Waals surface area contributed by atoms with Crippen molar-refractivity contribution < 1.29 is 22.3 Å². The molecule has 0 saturated carbocycles. The summed E-state index contributed by atoms with van der Waals surface area (Å²) in [6, 6.07) is 7.32. The molecular weight excluding hydrogens is 427 g/mol. The summed E-state index contributed by atoms with van der Waals surface area (Å²) in [6.07, 6.45) is 0.464. The Bertz CT molecular complexity index is 994. The van der Waals surface area contributed by atoms with E-state index in [2.05, 4.69) is 15.9 Å². The third kappa shape index (κ3) is 3.60. The number of hydrogen-bond acceptors (Lipinski definition) is 5. The van der Waals surface area contributed by atoms with E-state index in [4.69, 9.17) is 9.88 Å². The van der Waals surface area contributed by atoms with Gasteiger partial charge in [-0.3, -0.25) is 0 Å². The fourth-order valence-electron chi connectivity index (χ4n) is 3.06. The zero-order valence-corrected chi connectivity index (χ0v) is 16.2. The standard InChI is InChI=1S/C17H16BrFN2O4S/c1-25-17(22)14-8-12(26(20,23)24)2-3-16(14)21-5-4-13-10(9-21)6-11(18)7-15(13)19/h2-3,6-8H,4-5,9H2,1H3,(H2,20,23,24). The Kier molecular flexibility index (Phi) is 5.05. The van der Waals surface area contributed by atoms with E-state index in [1.165, 1.54) is 31.4 Å². The summed E-state index contributed by atoms with van der Waals surface area (Å²) in [5.74, 6) is -0.941. The molecule has 26 heavy (non-hydrogen) atoms. The van der Waals surface area contributed by atoms with Crippen LogP contribution < -0.4 is 10.0 Å². The minimum absolute atomic E-state index is 0.0953. The van der Waals surface area contributed by atoms with Crippen molar-refractivity contribution in [1.29, 1.82) is 0 Å². The number of rotatable bonds is 3. The van der Waals surface area contributed by atoms with Crippen LogP contribution in [0.2, 0.25) is 0 Å². The Balaban J connectivity index is 2.05. The maximum atomic E-state index is 14.1. The number of ether oxygens (including phenoxy) is 1. The van der Waals surface area contributed by atoms with Crippen LogP contribution in [0, 0.1) is 5.82 Å². The van der Waals surface area contributed by atoms with E-state index < -0.39 is 16.0 Å². The molecule has 2 aromatic carbocycles. The Hall–Kier alpha value is -1.97. The highest BCUT2D eigenvalue weighted by molar-refractivity contribution is 9.10. The van der Waals surface area contributed by atoms with Crippen LogP contribution in [-0.2, 0) is 27.7 Å². The van der Waals surface area contributed by atoms with Gasteiger partial charge >= 0.3 is 5.97 Å². The van der Waals surface area contributed by atoms with Crippen LogP contribution in [0.4, 0.5) is 10.1 Å². The molecule has 2 aromatic rings. The average molecular weight is 443 g/mol. The molecule has 0 aliphatic carbocycles. The van der Waals surface area contributed by atoms with Crippen LogP contribution in [0.5, 0.6) is 0 Å². The molecule has 138 valence electrons. The van der Waals surface area contributed by atoms with E-state index in [0.29, 0.717) is 35.2 Å². The molecule has 6 nitrogen and oxygen atoms in total. The molecular formula is C17H16BrFN2O4S. The lowest BCUT2D eigenvalue weighted by molar-refractivity contribution is 0.0601. The SMILES string of the molecule is COC(=O)c1cc(S(N)(=O)=O)ccc1N1CCc2c(F)cc(Br)cc2C1. The van der Waals surface area contributed by atoms with Crippen molar-refractivity contribution in [2.45, 2.75) is 17.9 Å². The number of methoxy groups -OCH3 is 1. The number of sulfonamides is 1. The second-order valence-electron chi connectivity index (χ2n) is 5.91. The first-order chi connectivity index (χ1) is 12.2. The minimum Gasteiger partial charge on any atom is -0.465 e. The number of benzene rings is 2. The van der Waals surface area contributed by atoms with E-state index in [0.717, 1.165) is 5.56 Å². The summed E-state index contributed by atoms with van der Waals surface area (Å²) in [6.45, 7) is 0.856. The summed E-state index contributed by atoms with van der Waals surface area (Å²) in [7, 11) is -2.74. The van der Waals surface area contributed by atoms with Crippen molar-refractivity contribution >= 4 is 37.6 Å². The molecule has 0 radical (unpaired) electrons. The fraction of sp³-hybridized carbons (Fsp3) is 0.235. The molecule has 3 rings (SSSR count). The van der Waals surface area contributed by atoms with Crippen LogP contribution in [0.15, 0.2) is 39.7 Å². The average Bonchev–Trinajstić information content (AvgIpc) is 2.59. The van der Waals surface area contributed by atoms with Crippen LogP contribution in [0.1, 0.15) is 21.5 Å². The summed E-state index contributed by atoms with van der Waals surface area (Å²) in [5, 5.41) is 5.15. The monoisotopic (exact) mass is 442 g/mol. The van der Waals surface area contributed by atoms with E-state index >= 15 is 0 Å².